The van der Waals surface area contributed by atoms with E-state index in [4.69, 9.17) is 9.47 Å². The van der Waals surface area contributed by atoms with Crippen LogP contribution in [0.5, 0.6) is 0 Å². The van der Waals surface area contributed by atoms with Crippen LogP contribution < -0.4 is 0 Å². The monoisotopic (exact) mass is 303 g/mol. The van der Waals surface area contributed by atoms with Crippen LogP contribution in [0.3, 0.4) is 0 Å². The van der Waals surface area contributed by atoms with Crippen LogP contribution in [0.2, 0.25) is 0 Å². The van der Waals surface area contributed by atoms with Crippen LogP contribution in [-0.4, -0.2) is 24.0 Å². The third-order valence-corrected chi connectivity index (χ3v) is 3.72. The largest absolute Gasteiger partial charge is 0.417 e. The van der Waals surface area contributed by atoms with E-state index in [0.717, 1.165) is 0 Å². The first-order valence-corrected chi connectivity index (χ1v) is 6.60. The molecule has 0 N–H and O–H groups in total. The van der Waals surface area contributed by atoms with Crippen molar-refractivity contribution in [1.82, 2.24) is 4.98 Å². The second kappa shape index (κ2) is 5.06. The third kappa shape index (κ3) is 2.80. The number of hydrogen-bond donors (Lipinski definition) is 0. The molecule has 3 nitrogen and oxygen atoms in total. The number of nitrogens with zero attached hydrogens (tertiary/aromatic N) is 1. The van der Waals surface area contributed by atoms with Crippen LogP contribution in [0.1, 0.15) is 30.5 Å². The molecule has 7 heteroatoms. The lowest BCUT2D eigenvalue weighted by molar-refractivity contribution is -0.159. The Hall–Kier alpha value is -1.47. The van der Waals surface area contributed by atoms with Crippen LogP contribution >= 0.6 is 0 Å². The lowest BCUT2D eigenvalue weighted by Gasteiger charge is -2.30. The van der Waals surface area contributed by atoms with Gasteiger partial charge in [0.2, 0.25) is 0 Å². The zero-order valence-corrected chi connectivity index (χ0v) is 11.0. The standard InChI is InChI=1S/C14H13F4NO2/c15-11-7-10(14(16,17)18)8-19-12(11)9-1-3-13(4-2-9)20-5-6-21-13/h1,7-8H,2-6H2. The van der Waals surface area contributed by atoms with E-state index in [1.807, 2.05) is 0 Å². The zero-order valence-electron chi connectivity index (χ0n) is 11.0. The molecule has 1 fully saturated rings. The molecule has 114 valence electrons. The van der Waals surface area contributed by atoms with E-state index in [1.54, 1.807) is 6.08 Å². The van der Waals surface area contributed by atoms with Gasteiger partial charge in [0.1, 0.15) is 11.5 Å². The van der Waals surface area contributed by atoms with Crippen molar-refractivity contribution >= 4 is 5.57 Å². The summed E-state index contributed by atoms with van der Waals surface area (Å²) in [6, 6.07) is 0.482. The third-order valence-electron chi connectivity index (χ3n) is 3.72. The summed E-state index contributed by atoms with van der Waals surface area (Å²) < 4.78 is 62.4. The van der Waals surface area contributed by atoms with E-state index >= 15 is 0 Å². The summed E-state index contributed by atoms with van der Waals surface area (Å²) in [4.78, 5) is 3.64. The molecule has 1 spiro atoms. The summed E-state index contributed by atoms with van der Waals surface area (Å²) in [5, 5.41) is 0. The Bertz CT molecular complexity index is 577. The zero-order chi connectivity index (χ0) is 15.1. The van der Waals surface area contributed by atoms with E-state index in [-0.39, 0.29) is 5.69 Å². The summed E-state index contributed by atoms with van der Waals surface area (Å²) in [5.41, 5.74) is -0.527. The van der Waals surface area contributed by atoms with Crippen LogP contribution in [0.25, 0.3) is 5.57 Å². The Labute approximate surface area is 118 Å². The van der Waals surface area contributed by atoms with Gasteiger partial charge in [-0.05, 0) is 18.1 Å². The first-order valence-electron chi connectivity index (χ1n) is 6.60. The lowest BCUT2D eigenvalue weighted by Crippen LogP contribution is -2.31. The van der Waals surface area contributed by atoms with Crippen LogP contribution in [-0.2, 0) is 15.7 Å². The van der Waals surface area contributed by atoms with Gasteiger partial charge in [0.25, 0.3) is 0 Å². The van der Waals surface area contributed by atoms with E-state index in [1.165, 1.54) is 0 Å². The number of alkyl halides is 3. The fraction of sp³-hybridized carbons (Fsp3) is 0.500. The Kier molecular flexibility index (Phi) is 3.49. The number of ether oxygens (including phenoxy) is 2. The van der Waals surface area contributed by atoms with Gasteiger partial charge in [-0.2, -0.15) is 13.2 Å². The van der Waals surface area contributed by atoms with Gasteiger partial charge in [-0.1, -0.05) is 6.08 Å². The normalized spacial score (nSPS) is 21.6. The number of rotatable bonds is 1. The molecule has 2 aliphatic rings. The van der Waals surface area contributed by atoms with Crippen molar-refractivity contribution in [2.75, 3.05) is 13.2 Å². The molecule has 0 unspecified atom stereocenters. The highest BCUT2D eigenvalue weighted by Gasteiger charge is 2.38. The Morgan fingerprint density at radius 1 is 1.19 bits per heavy atom. The summed E-state index contributed by atoms with van der Waals surface area (Å²) >= 11 is 0. The maximum atomic E-state index is 13.9. The van der Waals surface area contributed by atoms with Crippen molar-refractivity contribution in [2.45, 2.75) is 31.2 Å². The number of allylic oxidation sites excluding steroid dienone is 1. The molecule has 0 amide bonds. The van der Waals surface area contributed by atoms with E-state index in [2.05, 4.69) is 4.98 Å². The molecule has 0 atom stereocenters. The smallest absolute Gasteiger partial charge is 0.347 e. The van der Waals surface area contributed by atoms with Crippen molar-refractivity contribution in [1.29, 1.82) is 0 Å². The average Bonchev–Trinajstić information content (AvgIpc) is 2.87. The Morgan fingerprint density at radius 3 is 2.43 bits per heavy atom. The molecule has 0 saturated carbocycles. The quantitative estimate of drug-likeness (QED) is 0.744. The van der Waals surface area contributed by atoms with E-state index < -0.39 is 23.3 Å². The molecule has 0 radical (unpaired) electrons. The minimum Gasteiger partial charge on any atom is -0.347 e. The maximum absolute atomic E-state index is 13.9. The highest BCUT2D eigenvalue weighted by molar-refractivity contribution is 5.64. The van der Waals surface area contributed by atoms with E-state index in [9.17, 15) is 17.6 Å². The summed E-state index contributed by atoms with van der Waals surface area (Å²) in [7, 11) is 0. The molecule has 0 bridgehead atoms. The molecule has 1 aromatic rings. The van der Waals surface area contributed by atoms with E-state index in [0.29, 0.717) is 50.3 Å². The van der Waals surface area contributed by atoms with Gasteiger partial charge in [-0.25, -0.2) is 4.39 Å². The minimum absolute atomic E-state index is 0.0316. The summed E-state index contributed by atoms with van der Waals surface area (Å²) in [6.07, 6.45) is -0.761. The molecule has 1 saturated heterocycles. The van der Waals surface area contributed by atoms with Crippen molar-refractivity contribution in [3.05, 3.63) is 35.4 Å². The second-order valence-corrected chi connectivity index (χ2v) is 5.09. The molecule has 1 aliphatic carbocycles. The number of pyridine rings is 1. The topological polar surface area (TPSA) is 31.4 Å². The molecule has 3 rings (SSSR count). The van der Waals surface area contributed by atoms with Crippen molar-refractivity contribution in [3.63, 3.8) is 0 Å². The van der Waals surface area contributed by atoms with Crippen molar-refractivity contribution < 1.29 is 27.0 Å². The fourth-order valence-corrected chi connectivity index (χ4v) is 2.61. The predicted molar refractivity (Wildman–Crippen MR) is 65.7 cm³/mol. The summed E-state index contributed by atoms with van der Waals surface area (Å²) in [5.74, 6) is -1.61. The minimum atomic E-state index is -4.59. The molecule has 1 aliphatic heterocycles. The highest BCUT2D eigenvalue weighted by atomic mass is 19.4. The predicted octanol–water partition coefficient (Wildman–Crippen LogP) is 3.55. The number of halogens is 4. The highest BCUT2D eigenvalue weighted by Crippen LogP contribution is 2.39. The van der Waals surface area contributed by atoms with Gasteiger partial charge in [0.05, 0.1) is 18.8 Å². The van der Waals surface area contributed by atoms with Gasteiger partial charge < -0.3 is 9.47 Å². The van der Waals surface area contributed by atoms with Gasteiger partial charge in [0, 0.05) is 19.0 Å². The SMILES string of the molecule is Fc1cc(C(F)(F)F)cnc1C1=CCC2(CC1)OCCO2. The molecule has 0 aromatic carbocycles. The van der Waals surface area contributed by atoms with Crippen molar-refractivity contribution in [2.24, 2.45) is 0 Å². The first kappa shape index (κ1) is 14.5. The average molecular weight is 303 g/mol. The molecule has 1 aromatic heterocycles. The number of aromatic nitrogens is 1. The molecule has 21 heavy (non-hydrogen) atoms. The Balaban J connectivity index is 1.83. The Morgan fingerprint density at radius 2 is 1.90 bits per heavy atom. The van der Waals surface area contributed by atoms with Gasteiger partial charge in [-0.15, -0.1) is 0 Å². The molecular formula is C14H13F4NO2. The summed E-state index contributed by atoms with van der Waals surface area (Å²) in [6.45, 7) is 1.05. The number of hydrogen-bond acceptors (Lipinski definition) is 3. The first-order chi connectivity index (χ1) is 9.90. The maximum Gasteiger partial charge on any atom is 0.417 e. The molecule has 2 heterocycles. The van der Waals surface area contributed by atoms with Crippen LogP contribution in [0.15, 0.2) is 18.3 Å². The second-order valence-electron chi connectivity index (χ2n) is 5.09. The van der Waals surface area contributed by atoms with Crippen molar-refractivity contribution in [3.8, 4) is 0 Å². The van der Waals surface area contributed by atoms with Gasteiger partial charge in [-0.3, -0.25) is 4.98 Å². The lowest BCUT2D eigenvalue weighted by atomic mass is 9.91. The molecular weight excluding hydrogens is 290 g/mol. The fourth-order valence-electron chi connectivity index (χ4n) is 2.61. The van der Waals surface area contributed by atoms with Crippen LogP contribution in [0.4, 0.5) is 17.6 Å². The van der Waals surface area contributed by atoms with Gasteiger partial charge >= 0.3 is 6.18 Å². The van der Waals surface area contributed by atoms with Crippen LogP contribution in [0, 0.1) is 5.82 Å². The van der Waals surface area contributed by atoms with Gasteiger partial charge in [0.15, 0.2) is 5.79 Å².